The van der Waals surface area contributed by atoms with Crippen LogP contribution < -0.4 is 10.6 Å². The zero-order chi connectivity index (χ0) is 16.2. The number of hydrogen-bond donors (Lipinski definition) is 3. The number of guanidine groups is 1. The molecule has 132 valence electrons. The Morgan fingerprint density at radius 2 is 1.96 bits per heavy atom. The summed E-state index contributed by atoms with van der Waals surface area (Å²) in [6.45, 7) is 8.14. The lowest BCUT2D eigenvalue weighted by Crippen LogP contribution is -2.42. The van der Waals surface area contributed by atoms with Crippen molar-refractivity contribution >= 4 is 29.9 Å². The minimum Gasteiger partial charge on any atom is -0.389 e. The van der Waals surface area contributed by atoms with Gasteiger partial charge in [-0.25, -0.2) is 0 Å². The predicted molar refractivity (Wildman–Crippen MR) is 106 cm³/mol. The maximum Gasteiger partial charge on any atom is 0.191 e. The lowest BCUT2D eigenvalue weighted by Gasteiger charge is -2.17. The van der Waals surface area contributed by atoms with Gasteiger partial charge in [0.2, 0.25) is 0 Å². The third-order valence-corrected chi connectivity index (χ3v) is 3.22. The van der Waals surface area contributed by atoms with Gasteiger partial charge in [-0.05, 0) is 25.8 Å². The van der Waals surface area contributed by atoms with Crippen LogP contribution in [0.3, 0.4) is 0 Å². The van der Waals surface area contributed by atoms with E-state index in [0.717, 1.165) is 24.5 Å². The van der Waals surface area contributed by atoms with Gasteiger partial charge >= 0.3 is 0 Å². The molecule has 0 spiro atoms. The van der Waals surface area contributed by atoms with E-state index in [2.05, 4.69) is 29.5 Å². The summed E-state index contributed by atoms with van der Waals surface area (Å²) in [6, 6.07) is 10.3. The molecule has 3 N–H and O–H groups in total. The molecule has 0 aliphatic carbocycles. The highest BCUT2D eigenvalue weighted by atomic mass is 127. The first-order valence-corrected chi connectivity index (χ1v) is 8.00. The van der Waals surface area contributed by atoms with Crippen LogP contribution in [0, 0.1) is 0 Å². The molecular formula is C17H30IN3O2. The molecule has 2 unspecified atom stereocenters. The van der Waals surface area contributed by atoms with Crippen LogP contribution >= 0.6 is 24.0 Å². The average Bonchev–Trinajstić information content (AvgIpc) is 2.53. The number of aliphatic hydroxyl groups is 1. The fourth-order valence-electron chi connectivity index (χ4n) is 1.79. The van der Waals surface area contributed by atoms with Gasteiger partial charge in [-0.3, -0.25) is 4.99 Å². The minimum absolute atomic E-state index is 0. The molecular weight excluding hydrogens is 405 g/mol. The van der Waals surface area contributed by atoms with Crippen LogP contribution in [0.2, 0.25) is 0 Å². The van der Waals surface area contributed by atoms with Crippen LogP contribution in [0.15, 0.2) is 35.3 Å². The van der Waals surface area contributed by atoms with Crippen molar-refractivity contribution in [2.45, 2.75) is 45.9 Å². The number of hydrogen-bond acceptors (Lipinski definition) is 3. The summed E-state index contributed by atoms with van der Waals surface area (Å²) in [6.07, 6.45) is 0.420. The van der Waals surface area contributed by atoms with Crippen LogP contribution in [0.5, 0.6) is 0 Å². The summed E-state index contributed by atoms with van der Waals surface area (Å²) >= 11 is 0. The molecule has 0 amide bonds. The normalized spacial score (nSPS) is 13.8. The zero-order valence-electron chi connectivity index (χ0n) is 14.3. The maximum atomic E-state index is 9.95. The third kappa shape index (κ3) is 10.5. The molecule has 1 aromatic rings. The number of aliphatic hydroxyl groups excluding tert-OH is 1. The smallest absolute Gasteiger partial charge is 0.191 e. The molecule has 0 fully saturated rings. The first-order valence-electron chi connectivity index (χ1n) is 8.00. The molecule has 2 atom stereocenters. The van der Waals surface area contributed by atoms with Crippen LogP contribution in [0.4, 0.5) is 0 Å². The fraction of sp³-hybridized carbons (Fsp3) is 0.588. The first-order chi connectivity index (χ1) is 10.7. The Bertz CT molecular complexity index is 429. The van der Waals surface area contributed by atoms with Crippen LogP contribution in [0.1, 0.15) is 32.8 Å². The van der Waals surface area contributed by atoms with Crippen molar-refractivity contribution in [2.24, 2.45) is 4.99 Å². The van der Waals surface area contributed by atoms with E-state index in [1.165, 1.54) is 0 Å². The molecule has 0 radical (unpaired) electrons. The second-order valence-corrected chi connectivity index (χ2v) is 5.33. The van der Waals surface area contributed by atoms with E-state index in [1.54, 1.807) is 0 Å². The molecule has 0 bridgehead atoms. The number of aliphatic imine (C=N–C) groups is 1. The monoisotopic (exact) mass is 435 g/mol. The molecule has 0 aromatic heterocycles. The van der Waals surface area contributed by atoms with Crippen molar-refractivity contribution < 1.29 is 9.84 Å². The lowest BCUT2D eigenvalue weighted by molar-refractivity contribution is 0.0331. The van der Waals surface area contributed by atoms with Crippen molar-refractivity contribution in [1.82, 2.24) is 10.6 Å². The Hall–Kier alpha value is -0.860. The van der Waals surface area contributed by atoms with Gasteiger partial charge in [-0.15, -0.1) is 24.0 Å². The molecule has 5 nitrogen and oxygen atoms in total. The highest BCUT2D eigenvalue weighted by Crippen LogP contribution is 2.01. The molecule has 0 aliphatic heterocycles. The predicted octanol–water partition coefficient (Wildman–Crippen LogP) is 2.54. The summed E-state index contributed by atoms with van der Waals surface area (Å²) in [5.41, 5.74) is 1.10. The number of halogens is 1. The van der Waals surface area contributed by atoms with Gasteiger partial charge in [0, 0.05) is 12.6 Å². The lowest BCUT2D eigenvalue weighted by atomic mass is 10.2. The van der Waals surface area contributed by atoms with Crippen molar-refractivity contribution in [3.05, 3.63) is 35.9 Å². The summed E-state index contributed by atoms with van der Waals surface area (Å²) in [5.74, 6) is 0.735. The Kier molecular flexibility index (Phi) is 13.1. The fourth-order valence-corrected chi connectivity index (χ4v) is 1.79. The largest absolute Gasteiger partial charge is 0.389 e. The van der Waals surface area contributed by atoms with E-state index in [9.17, 15) is 5.11 Å². The van der Waals surface area contributed by atoms with Gasteiger partial charge in [0.15, 0.2) is 5.96 Å². The topological polar surface area (TPSA) is 65.9 Å². The molecule has 6 heteroatoms. The molecule has 0 heterocycles. The summed E-state index contributed by atoms with van der Waals surface area (Å²) in [5, 5.41) is 16.4. The zero-order valence-corrected chi connectivity index (χ0v) is 16.6. The van der Waals surface area contributed by atoms with Gasteiger partial charge in [-0.2, -0.15) is 0 Å². The Morgan fingerprint density at radius 1 is 1.26 bits per heavy atom. The number of ether oxygens (including phenoxy) is 1. The quantitative estimate of drug-likeness (QED) is 0.317. The van der Waals surface area contributed by atoms with Crippen LogP contribution in [-0.2, 0) is 11.3 Å². The van der Waals surface area contributed by atoms with Crippen molar-refractivity contribution in [3.8, 4) is 0 Å². The Labute approximate surface area is 156 Å². The molecule has 1 aromatic carbocycles. The standard InChI is InChI=1S/C17H29N3O2.HI/c1-4-14(3)20-17(18-5-2)19-11-16(21)13-22-12-15-9-7-6-8-10-15;/h6-10,14,16,21H,4-5,11-13H2,1-3H3,(H2,18,19,20);1H. The van der Waals surface area contributed by atoms with E-state index in [0.29, 0.717) is 19.2 Å². The molecule has 0 saturated carbocycles. The molecule has 0 aliphatic rings. The maximum absolute atomic E-state index is 9.95. The number of nitrogens with one attached hydrogen (secondary N) is 2. The van der Waals surface area contributed by atoms with E-state index in [4.69, 9.17) is 4.74 Å². The average molecular weight is 435 g/mol. The summed E-state index contributed by atoms with van der Waals surface area (Å²) in [4.78, 5) is 4.39. The van der Waals surface area contributed by atoms with E-state index >= 15 is 0 Å². The van der Waals surface area contributed by atoms with Gasteiger partial charge < -0.3 is 20.5 Å². The van der Waals surface area contributed by atoms with Gasteiger partial charge in [0.05, 0.1) is 25.9 Å². The van der Waals surface area contributed by atoms with Gasteiger partial charge in [0.1, 0.15) is 0 Å². The Morgan fingerprint density at radius 3 is 2.57 bits per heavy atom. The first kappa shape index (κ1) is 22.1. The van der Waals surface area contributed by atoms with Crippen molar-refractivity contribution in [3.63, 3.8) is 0 Å². The molecule has 23 heavy (non-hydrogen) atoms. The van der Waals surface area contributed by atoms with Crippen molar-refractivity contribution in [1.29, 1.82) is 0 Å². The highest BCUT2D eigenvalue weighted by molar-refractivity contribution is 14.0. The molecule has 1 rings (SSSR count). The van der Waals surface area contributed by atoms with E-state index in [1.807, 2.05) is 37.3 Å². The molecule has 0 saturated heterocycles. The third-order valence-electron chi connectivity index (χ3n) is 3.22. The van der Waals surface area contributed by atoms with Gasteiger partial charge in [0.25, 0.3) is 0 Å². The second-order valence-electron chi connectivity index (χ2n) is 5.33. The number of benzene rings is 1. The summed E-state index contributed by atoms with van der Waals surface area (Å²) in [7, 11) is 0. The number of rotatable bonds is 9. The summed E-state index contributed by atoms with van der Waals surface area (Å²) < 4.78 is 5.52. The SMILES string of the molecule is CCNC(=NCC(O)COCc1ccccc1)NC(C)CC.I. The minimum atomic E-state index is -0.601. The van der Waals surface area contributed by atoms with Crippen LogP contribution in [-0.4, -0.2) is 42.9 Å². The van der Waals surface area contributed by atoms with E-state index in [-0.39, 0.29) is 30.6 Å². The van der Waals surface area contributed by atoms with Crippen molar-refractivity contribution in [2.75, 3.05) is 19.7 Å². The second kappa shape index (κ2) is 13.6. The van der Waals surface area contributed by atoms with Gasteiger partial charge in [-0.1, -0.05) is 37.3 Å². The number of nitrogens with zero attached hydrogens (tertiary/aromatic N) is 1. The Balaban J connectivity index is 0.00000484. The van der Waals surface area contributed by atoms with Crippen LogP contribution in [0.25, 0.3) is 0 Å². The van der Waals surface area contributed by atoms with E-state index < -0.39 is 6.10 Å². The highest BCUT2D eigenvalue weighted by Gasteiger charge is 2.06.